The van der Waals surface area contributed by atoms with E-state index in [-0.39, 0.29) is 11.9 Å². The maximum absolute atomic E-state index is 12.2. The van der Waals surface area contributed by atoms with Crippen molar-refractivity contribution < 1.29 is 4.79 Å². The van der Waals surface area contributed by atoms with E-state index in [0.717, 1.165) is 30.8 Å². The van der Waals surface area contributed by atoms with Crippen LogP contribution >= 0.6 is 0 Å². The van der Waals surface area contributed by atoms with Gasteiger partial charge < -0.3 is 9.88 Å². The van der Waals surface area contributed by atoms with Crippen LogP contribution in [0.25, 0.3) is 0 Å². The van der Waals surface area contributed by atoms with Gasteiger partial charge in [-0.1, -0.05) is 6.08 Å². The van der Waals surface area contributed by atoms with Crippen LogP contribution < -0.4 is 5.32 Å². The number of rotatable bonds is 5. The summed E-state index contributed by atoms with van der Waals surface area (Å²) in [5.74, 6) is 0.146. The topological polar surface area (TPSA) is 61.0 Å². The van der Waals surface area contributed by atoms with E-state index in [1.165, 1.54) is 0 Å². The van der Waals surface area contributed by atoms with Crippen molar-refractivity contribution in [3.63, 3.8) is 0 Å². The van der Waals surface area contributed by atoms with Crippen LogP contribution in [-0.4, -0.2) is 40.4 Å². The molecule has 5 nitrogen and oxygen atoms in total. The fourth-order valence-corrected chi connectivity index (χ4v) is 2.19. The summed E-state index contributed by atoms with van der Waals surface area (Å²) < 4.78 is 0. The highest BCUT2D eigenvalue weighted by molar-refractivity contribution is 5.82. The number of carbonyl (C=O) groups excluding carboxylic acids is 1. The van der Waals surface area contributed by atoms with Crippen LogP contribution in [0, 0.1) is 0 Å². The first kappa shape index (κ1) is 12.8. The van der Waals surface area contributed by atoms with Crippen LogP contribution in [0.4, 0.5) is 0 Å². The maximum Gasteiger partial charge on any atom is 0.239 e. The Kier molecular flexibility index (Phi) is 4.15. The zero-order valence-electron chi connectivity index (χ0n) is 10.8. The normalized spacial score (nSPS) is 18.2. The molecule has 1 unspecified atom stereocenters. The summed E-state index contributed by atoms with van der Waals surface area (Å²) in [7, 11) is 1.85. The van der Waals surface area contributed by atoms with Gasteiger partial charge in [0.1, 0.15) is 0 Å². The van der Waals surface area contributed by atoms with E-state index in [9.17, 15) is 4.79 Å². The number of aromatic amines is 1. The van der Waals surface area contributed by atoms with Crippen LogP contribution in [0.5, 0.6) is 0 Å². The van der Waals surface area contributed by atoms with Crippen LogP contribution in [0.1, 0.15) is 24.2 Å². The molecular weight excluding hydrogens is 228 g/mol. The number of allylic oxidation sites excluding steroid dienone is 1. The highest BCUT2D eigenvalue weighted by atomic mass is 16.2. The van der Waals surface area contributed by atoms with Gasteiger partial charge in [-0.2, -0.15) is 0 Å². The number of H-pyrrole nitrogens is 1. The first-order valence-electron chi connectivity index (χ1n) is 6.32. The van der Waals surface area contributed by atoms with Gasteiger partial charge >= 0.3 is 0 Å². The van der Waals surface area contributed by atoms with Gasteiger partial charge in [0.2, 0.25) is 5.91 Å². The number of carbonyl (C=O) groups is 1. The summed E-state index contributed by atoms with van der Waals surface area (Å²) >= 11 is 0. The number of likely N-dealkylation sites (N-methyl/N-ethyl adjacent to an activating group) is 1. The molecule has 1 aliphatic heterocycles. The molecule has 0 aromatic carbocycles. The third kappa shape index (κ3) is 2.79. The lowest BCUT2D eigenvalue weighted by molar-refractivity contribution is -0.132. The Labute approximate surface area is 107 Å². The molecule has 0 saturated carbocycles. The summed E-state index contributed by atoms with van der Waals surface area (Å²) in [6.07, 6.45) is 6.15. The second-order valence-corrected chi connectivity index (χ2v) is 4.66. The SMILES string of the molecule is C=CCCCN(C)C(=O)C1Cc2nc[nH]c2CN1. The second kappa shape index (κ2) is 5.82. The van der Waals surface area contributed by atoms with Gasteiger partial charge in [-0.3, -0.25) is 10.1 Å². The molecule has 1 aliphatic rings. The zero-order valence-corrected chi connectivity index (χ0v) is 10.8. The Hall–Kier alpha value is -1.62. The molecule has 2 N–H and O–H groups in total. The molecule has 18 heavy (non-hydrogen) atoms. The number of nitrogens with one attached hydrogen (secondary N) is 2. The molecule has 2 rings (SSSR count). The van der Waals surface area contributed by atoms with Crippen molar-refractivity contribution in [3.05, 3.63) is 30.4 Å². The van der Waals surface area contributed by atoms with Crippen molar-refractivity contribution in [1.29, 1.82) is 0 Å². The van der Waals surface area contributed by atoms with Gasteiger partial charge in [0, 0.05) is 26.6 Å². The first-order chi connectivity index (χ1) is 8.72. The van der Waals surface area contributed by atoms with E-state index in [1.807, 2.05) is 13.1 Å². The standard InChI is InChI=1S/C13H20N4O/c1-3-4-5-6-17(2)13(18)11-7-10-12(8-14-11)16-9-15-10/h3,9,11,14H,1,4-8H2,2H3,(H,15,16). The average molecular weight is 248 g/mol. The summed E-state index contributed by atoms with van der Waals surface area (Å²) in [6, 6.07) is -0.144. The van der Waals surface area contributed by atoms with E-state index >= 15 is 0 Å². The first-order valence-corrected chi connectivity index (χ1v) is 6.32. The molecule has 0 spiro atoms. The lowest BCUT2D eigenvalue weighted by Crippen LogP contribution is -2.48. The van der Waals surface area contributed by atoms with Gasteiger partial charge in [-0.25, -0.2) is 4.98 Å². The van der Waals surface area contributed by atoms with Crippen LogP contribution in [0.15, 0.2) is 19.0 Å². The predicted molar refractivity (Wildman–Crippen MR) is 70.0 cm³/mol. The molecule has 1 atom stereocenters. The lowest BCUT2D eigenvalue weighted by Gasteiger charge is -2.27. The van der Waals surface area contributed by atoms with Crippen molar-refractivity contribution in [1.82, 2.24) is 20.2 Å². The summed E-state index contributed by atoms with van der Waals surface area (Å²) in [5.41, 5.74) is 2.10. The van der Waals surface area contributed by atoms with Crippen molar-refractivity contribution in [2.75, 3.05) is 13.6 Å². The third-order valence-corrected chi connectivity index (χ3v) is 3.31. The summed E-state index contributed by atoms with van der Waals surface area (Å²) in [4.78, 5) is 21.3. The number of unbranched alkanes of at least 4 members (excludes halogenated alkanes) is 1. The molecule has 1 aromatic rings. The molecular formula is C13H20N4O. The minimum Gasteiger partial charge on any atom is -0.347 e. The van der Waals surface area contributed by atoms with Gasteiger partial charge in [0.25, 0.3) is 0 Å². The lowest BCUT2D eigenvalue weighted by atomic mass is 10.0. The minimum absolute atomic E-state index is 0.144. The van der Waals surface area contributed by atoms with Crippen molar-refractivity contribution in [3.8, 4) is 0 Å². The Bertz CT molecular complexity index is 426. The van der Waals surface area contributed by atoms with Crippen LogP contribution in [0.2, 0.25) is 0 Å². The highest BCUT2D eigenvalue weighted by Crippen LogP contribution is 2.13. The van der Waals surface area contributed by atoms with Gasteiger partial charge in [0.05, 0.1) is 23.8 Å². The van der Waals surface area contributed by atoms with Crippen molar-refractivity contribution >= 4 is 5.91 Å². The highest BCUT2D eigenvalue weighted by Gasteiger charge is 2.27. The Morgan fingerprint density at radius 1 is 1.72 bits per heavy atom. The summed E-state index contributed by atoms with van der Waals surface area (Å²) in [6.45, 7) is 5.14. The Morgan fingerprint density at radius 3 is 3.33 bits per heavy atom. The minimum atomic E-state index is -0.144. The number of fused-ring (bicyclic) bond motifs is 1. The van der Waals surface area contributed by atoms with E-state index < -0.39 is 0 Å². The fraction of sp³-hybridized carbons (Fsp3) is 0.538. The molecule has 98 valence electrons. The molecule has 0 fully saturated rings. The number of hydrogen-bond donors (Lipinski definition) is 2. The quantitative estimate of drug-likeness (QED) is 0.600. The molecule has 0 aliphatic carbocycles. The fourth-order valence-electron chi connectivity index (χ4n) is 2.19. The molecule has 0 saturated heterocycles. The van der Waals surface area contributed by atoms with Crippen molar-refractivity contribution in [2.45, 2.75) is 31.8 Å². The average Bonchev–Trinajstić information content (AvgIpc) is 2.85. The monoisotopic (exact) mass is 248 g/mol. The third-order valence-electron chi connectivity index (χ3n) is 3.31. The van der Waals surface area contributed by atoms with E-state index in [1.54, 1.807) is 11.2 Å². The Balaban J connectivity index is 1.88. The number of imidazole rings is 1. The van der Waals surface area contributed by atoms with E-state index in [4.69, 9.17) is 0 Å². The molecule has 1 amide bonds. The summed E-state index contributed by atoms with van der Waals surface area (Å²) in [5, 5.41) is 3.25. The number of hydrogen-bond acceptors (Lipinski definition) is 3. The maximum atomic E-state index is 12.2. The number of nitrogens with zero attached hydrogens (tertiary/aromatic N) is 2. The van der Waals surface area contributed by atoms with Gasteiger partial charge in [-0.05, 0) is 12.8 Å². The Morgan fingerprint density at radius 2 is 2.56 bits per heavy atom. The molecule has 5 heteroatoms. The van der Waals surface area contributed by atoms with E-state index in [2.05, 4.69) is 21.9 Å². The largest absolute Gasteiger partial charge is 0.347 e. The smallest absolute Gasteiger partial charge is 0.239 e. The van der Waals surface area contributed by atoms with Gasteiger partial charge in [0.15, 0.2) is 0 Å². The van der Waals surface area contributed by atoms with Crippen LogP contribution in [-0.2, 0) is 17.8 Å². The van der Waals surface area contributed by atoms with E-state index in [0.29, 0.717) is 13.0 Å². The molecule has 0 radical (unpaired) electrons. The number of aromatic nitrogens is 2. The van der Waals surface area contributed by atoms with Crippen LogP contribution in [0.3, 0.4) is 0 Å². The molecule has 1 aromatic heterocycles. The zero-order chi connectivity index (χ0) is 13.0. The molecule has 2 heterocycles. The second-order valence-electron chi connectivity index (χ2n) is 4.66. The van der Waals surface area contributed by atoms with Crippen molar-refractivity contribution in [2.24, 2.45) is 0 Å². The number of amides is 1. The molecule has 0 bridgehead atoms. The predicted octanol–water partition coefficient (Wildman–Crippen LogP) is 0.849. The van der Waals surface area contributed by atoms with Gasteiger partial charge in [-0.15, -0.1) is 6.58 Å².